The predicted octanol–water partition coefficient (Wildman–Crippen LogP) is 2.64. The molecule has 1 heterocycles. The predicted molar refractivity (Wildman–Crippen MR) is 69.7 cm³/mol. The fourth-order valence-corrected chi connectivity index (χ4v) is 3.14. The Labute approximate surface area is 101 Å². The summed E-state index contributed by atoms with van der Waals surface area (Å²) in [5.41, 5.74) is 0. The number of hydrogen-bond acceptors (Lipinski definition) is 2. The van der Waals surface area contributed by atoms with Gasteiger partial charge in [0.2, 0.25) is 0 Å². The van der Waals surface area contributed by atoms with Crippen molar-refractivity contribution in [3.63, 3.8) is 0 Å². The third-order valence-electron chi connectivity index (χ3n) is 4.23. The number of hydrogen-bond donors (Lipinski definition) is 1. The van der Waals surface area contributed by atoms with E-state index in [0.29, 0.717) is 0 Å². The number of rotatable bonds is 6. The minimum atomic E-state index is 0.805. The lowest BCUT2D eigenvalue weighted by Crippen LogP contribution is -2.43. The maximum Gasteiger partial charge on any atom is 0.0127 e. The SMILES string of the molecule is CCCNC1CCN(C2CC2CCC)CC1. The zero-order valence-electron chi connectivity index (χ0n) is 11.0. The highest BCUT2D eigenvalue weighted by molar-refractivity contribution is 4.96. The molecule has 0 spiro atoms. The van der Waals surface area contributed by atoms with Crippen molar-refractivity contribution in [1.29, 1.82) is 0 Å². The molecule has 2 aliphatic rings. The van der Waals surface area contributed by atoms with E-state index in [2.05, 4.69) is 24.1 Å². The summed E-state index contributed by atoms with van der Waals surface area (Å²) in [6.45, 7) is 8.45. The lowest BCUT2D eigenvalue weighted by molar-refractivity contribution is 0.181. The van der Waals surface area contributed by atoms with Crippen molar-refractivity contribution in [1.82, 2.24) is 10.2 Å². The molecule has 16 heavy (non-hydrogen) atoms. The molecule has 2 atom stereocenters. The van der Waals surface area contributed by atoms with Gasteiger partial charge in [0, 0.05) is 12.1 Å². The minimum absolute atomic E-state index is 0.805. The normalized spacial score (nSPS) is 31.9. The van der Waals surface area contributed by atoms with Crippen molar-refractivity contribution in [3.8, 4) is 0 Å². The second-order valence-corrected chi connectivity index (χ2v) is 5.62. The molecule has 0 aromatic carbocycles. The molecule has 1 saturated heterocycles. The summed E-state index contributed by atoms with van der Waals surface area (Å²) < 4.78 is 0. The molecule has 2 nitrogen and oxygen atoms in total. The molecule has 1 aliphatic heterocycles. The average Bonchev–Trinajstić information content (AvgIpc) is 3.07. The van der Waals surface area contributed by atoms with Gasteiger partial charge in [-0.15, -0.1) is 0 Å². The summed E-state index contributed by atoms with van der Waals surface area (Å²) in [7, 11) is 0. The molecule has 1 N–H and O–H groups in total. The van der Waals surface area contributed by atoms with Crippen LogP contribution in [0.3, 0.4) is 0 Å². The maximum atomic E-state index is 3.66. The van der Waals surface area contributed by atoms with Crippen LogP contribution in [-0.2, 0) is 0 Å². The number of nitrogens with one attached hydrogen (secondary N) is 1. The Balaban J connectivity index is 1.62. The smallest absolute Gasteiger partial charge is 0.0127 e. The van der Waals surface area contributed by atoms with Crippen LogP contribution in [0.1, 0.15) is 52.4 Å². The molecule has 0 radical (unpaired) electrons. The van der Waals surface area contributed by atoms with Crippen molar-refractivity contribution in [3.05, 3.63) is 0 Å². The molecule has 2 unspecified atom stereocenters. The zero-order valence-corrected chi connectivity index (χ0v) is 11.0. The number of likely N-dealkylation sites (tertiary alicyclic amines) is 1. The fourth-order valence-electron chi connectivity index (χ4n) is 3.14. The Morgan fingerprint density at radius 3 is 2.50 bits per heavy atom. The third kappa shape index (κ3) is 3.21. The molecule has 1 aliphatic carbocycles. The van der Waals surface area contributed by atoms with Gasteiger partial charge in [-0.25, -0.2) is 0 Å². The van der Waals surface area contributed by atoms with Gasteiger partial charge in [0.15, 0.2) is 0 Å². The van der Waals surface area contributed by atoms with Gasteiger partial charge in [0.1, 0.15) is 0 Å². The van der Waals surface area contributed by atoms with E-state index < -0.39 is 0 Å². The second kappa shape index (κ2) is 6.02. The molecule has 2 heteroatoms. The van der Waals surface area contributed by atoms with Crippen LogP contribution in [-0.4, -0.2) is 36.6 Å². The van der Waals surface area contributed by atoms with E-state index in [4.69, 9.17) is 0 Å². The Morgan fingerprint density at radius 1 is 1.12 bits per heavy atom. The highest BCUT2D eigenvalue weighted by atomic mass is 15.2. The van der Waals surface area contributed by atoms with Crippen molar-refractivity contribution in [2.45, 2.75) is 64.5 Å². The van der Waals surface area contributed by atoms with Gasteiger partial charge >= 0.3 is 0 Å². The van der Waals surface area contributed by atoms with Gasteiger partial charge in [-0.1, -0.05) is 20.3 Å². The summed E-state index contributed by atoms with van der Waals surface area (Å²) in [5, 5.41) is 3.66. The minimum Gasteiger partial charge on any atom is -0.314 e. The topological polar surface area (TPSA) is 15.3 Å². The highest BCUT2D eigenvalue weighted by Crippen LogP contribution is 2.40. The van der Waals surface area contributed by atoms with Crippen LogP contribution >= 0.6 is 0 Å². The monoisotopic (exact) mass is 224 g/mol. The summed E-state index contributed by atoms with van der Waals surface area (Å²) in [5.74, 6) is 1.05. The first kappa shape index (κ1) is 12.4. The molecule has 0 aromatic heterocycles. The summed E-state index contributed by atoms with van der Waals surface area (Å²) in [4.78, 5) is 2.75. The van der Waals surface area contributed by atoms with Crippen LogP contribution in [0, 0.1) is 5.92 Å². The average molecular weight is 224 g/mol. The lowest BCUT2D eigenvalue weighted by atomic mass is 10.0. The van der Waals surface area contributed by atoms with Crippen molar-refractivity contribution in [2.75, 3.05) is 19.6 Å². The Morgan fingerprint density at radius 2 is 1.88 bits per heavy atom. The van der Waals surface area contributed by atoms with Crippen LogP contribution in [0.4, 0.5) is 0 Å². The Kier molecular flexibility index (Phi) is 4.66. The second-order valence-electron chi connectivity index (χ2n) is 5.62. The molecule has 0 bridgehead atoms. The number of piperidine rings is 1. The van der Waals surface area contributed by atoms with E-state index in [0.717, 1.165) is 18.0 Å². The Hall–Kier alpha value is -0.0800. The standard InChI is InChI=1S/C14H28N2/c1-3-5-12-11-14(12)16-9-6-13(7-10-16)15-8-4-2/h12-15H,3-11H2,1-2H3. The molecule has 94 valence electrons. The molecule has 0 aromatic rings. The molecule has 2 fully saturated rings. The summed E-state index contributed by atoms with van der Waals surface area (Å²) >= 11 is 0. The van der Waals surface area contributed by atoms with Crippen LogP contribution < -0.4 is 5.32 Å². The van der Waals surface area contributed by atoms with Crippen molar-refractivity contribution >= 4 is 0 Å². The lowest BCUT2D eigenvalue weighted by Gasteiger charge is -2.33. The van der Waals surface area contributed by atoms with Gasteiger partial charge in [0.25, 0.3) is 0 Å². The molecule has 0 amide bonds. The van der Waals surface area contributed by atoms with Crippen molar-refractivity contribution < 1.29 is 0 Å². The quantitative estimate of drug-likeness (QED) is 0.746. The van der Waals surface area contributed by atoms with Crippen LogP contribution in [0.25, 0.3) is 0 Å². The van der Waals surface area contributed by atoms with E-state index >= 15 is 0 Å². The van der Waals surface area contributed by atoms with E-state index in [-0.39, 0.29) is 0 Å². The van der Waals surface area contributed by atoms with Gasteiger partial charge in [-0.05, 0) is 57.7 Å². The van der Waals surface area contributed by atoms with E-state index in [9.17, 15) is 0 Å². The van der Waals surface area contributed by atoms with Crippen LogP contribution in [0.15, 0.2) is 0 Å². The summed E-state index contributed by atoms with van der Waals surface area (Å²) in [6, 6.07) is 1.77. The van der Waals surface area contributed by atoms with E-state index in [1.807, 2.05) is 0 Å². The number of nitrogens with zero attached hydrogens (tertiary/aromatic N) is 1. The van der Waals surface area contributed by atoms with Crippen molar-refractivity contribution in [2.24, 2.45) is 5.92 Å². The largest absolute Gasteiger partial charge is 0.314 e. The third-order valence-corrected chi connectivity index (χ3v) is 4.23. The van der Waals surface area contributed by atoms with Gasteiger partial charge in [0.05, 0.1) is 0 Å². The first-order valence-electron chi connectivity index (χ1n) is 7.32. The maximum absolute atomic E-state index is 3.66. The summed E-state index contributed by atoms with van der Waals surface area (Å²) in [6.07, 6.45) is 8.32. The van der Waals surface area contributed by atoms with Crippen LogP contribution in [0.5, 0.6) is 0 Å². The first-order valence-corrected chi connectivity index (χ1v) is 7.32. The fraction of sp³-hybridized carbons (Fsp3) is 1.00. The molecular weight excluding hydrogens is 196 g/mol. The Bertz CT molecular complexity index is 197. The molecular formula is C14H28N2. The molecule has 2 rings (SSSR count). The van der Waals surface area contributed by atoms with Gasteiger partial charge in [-0.3, -0.25) is 4.90 Å². The molecule has 1 saturated carbocycles. The van der Waals surface area contributed by atoms with E-state index in [1.165, 1.54) is 58.2 Å². The first-order chi connectivity index (χ1) is 7.85. The van der Waals surface area contributed by atoms with Gasteiger partial charge in [-0.2, -0.15) is 0 Å². The van der Waals surface area contributed by atoms with Gasteiger partial charge < -0.3 is 5.32 Å². The highest BCUT2D eigenvalue weighted by Gasteiger charge is 2.41. The van der Waals surface area contributed by atoms with Crippen LogP contribution in [0.2, 0.25) is 0 Å². The zero-order chi connectivity index (χ0) is 11.4. The van der Waals surface area contributed by atoms with E-state index in [1.54, 1.807) is 0 Å².